The molecule has 0 saturated heterocycles. The van der Waals surface area contributed by atoms with Gasteiger partial charge in [0.15, 0.2) is 0 Å². The fraction of sp³-hybridized carbons (Fsp3) is 0.206. The highest BCUT2D eigenvalue weighted by atomic mass is 19.4. The van der Waals surface area contributed by atoms with E-state index in [4.69, 9.17) is 4.98 Å². The van der Waals surface area contributed by atoms with Gasteiger partial charge in [-0.15, -0.1) is 0 Å². The second-order valence-corrected chi connectivity index (χ2v) is 10.9. The maximum Gasteiger partial charge on any atom is 0.416 e. The van der Waals surface area contributed by atoms with Crippen molar-refractivity contribution in [3.63, 3.8) is 0 Å². The Hall–Kier alpha value is -4.12. The molecular weight excluding hydrogens is 493 g/mol. The Morgan fingerprint density at radius 1 is 0.615 bits per heavy atom. The van der Waals surface area contributed by atoms with Crippen molar-refractivity contribution < 1.29 is 13.2 Å². The first kappa shape index (κ1) is 26.5. The molecule has 0 aliphatic carbocycles. The first-order chi connectivity index (χ1) is 18.6. The molecule has 0 bridgehead atoms. The van der Waals surface area contributed by atoms with Crippen LogP contribution in [0.15, 0.2) is 128 Å². The molecule has 39 heavy (non-hydrogen) atoms. The quantitative estimate of drug-likeness (QED) is 0.203. The summed E-state index contributed by atoms with van der Waals surface area (Å²) >= 11 is 0. The Morgan fingerprint density at radius 3 is 1.51 bits per heavy atom. The van der Waals surface area contributed by atoms with Crippen molar-refractivity contribution in [1.29, 1.82) is 0 Å². The van der Waals surface area contributed by atoms with Gasteiger partial charge in [0.25, 0.3) is 0 Å². The highest BCUT2D eigenvalue weighted by molar-refractivity contribution is 5.51. The van der Waals surface area contributed by atoms with Gasteiger partial charge in [-0.25, -0.2) is 4.98 Å². The summed E-state index contributed by atoms with van der Waals surface area (Å²) in [6.07, 6.45) is -0.598. The number of rotatable bonds is 6. The lowest BCUT2D eigenvalue weighted by Gasteiger charge is -2.37. The fourth-order valence-electron chi connectivity index (χ4n) is 5.66. The summed E-state index contributed by atoms with van der Waals surface area (Å²) in [7, 11) is 0. The van der Waals surface area contributed by atoms with E-state index in [0.29, 0.717) is 11.3 Å². The van der Waals surface area contributed by atoms with Gasteiger partial charge in [-0.2, -0.15) is 13.2 Å². The largest absolute Gasteiger partial charge is 0.416 e. The first-order valence-corrected chi connectivity index (χ1v) is 13.0. The molecule has 5 rings (SSSR count). The Kier molecular flexibility index (Phi) is 6.94. The molecule has 4 aromatic carbocycles. The Balaban J connectivity index is 1.76. The van der Waals surface area contributed by atoms with E-state index in [0.717, 1.165) is 22.8 Å². The van der Waals surface area contributed by atoms with Crippen LogP contribution < -0.4 is 0 Å². The van der Waals surface area contributed by atoms with Crippen LogP contribution in [0.4, 0.5) is 13.2 Å². The minimum atomic E-state index is -4.42. The summed E-state index contributed by atoms with van der Waals surface area (Å²) in [6.45, 7) is 6.11. The summed E-state index contributed by atoms with van der Waals surface area (Å²) in [4.78, 5) is 4.88. The smallest absolute Gasteiger partial charge is 0.319 e. The molecule has 0 N–H and O–H groups in total. The van der Waals surface area contributed by atoms with Gasteiger partial charge in [-0.05, 0) is 33.7 Å². The molecule has 0 saturated carbocycles. The Bertz CT molecular complexity index is 1420. The standard InChI is InChI=1S/C34H31F3N2/c1-32(2,3)31(25-14-13-21-29(22-25)34(35,36)37)30-23-39(24-38-30)33(26-15-7-4-8-16-26,27-17-9-5-10-18-27)28-19-11-6-12-20-28/h4-24,31H,1-3H3. The molecule has 0 aliphatic heterocycles. The van der Waals surface area contributed by atoms with Crippen molar-refractivity contribution >= 4 is 0 Å². The van der Waals surface area contributed by atoms with Crippen LogP contribution in [0.1, 0.15) is 60.2 Å². The maximum atomic E-state index is 13.6. The van der Waals surface area contributed by atoms with Crippen LogP contribution in [0.3, 0.4) is 0 Å². The van der Waals surface area contributed by atoms with Crippen molar-refractivity contribution in [2.24, 2.45) is 5.41 Å². The molecule has 0 spiro atoms. The van der Waals surface area contributed by atoms with Gasteiger partial charge in [0.05, 0.1) is 17.6 Å². The first-order valence-electron chi connectivity index (χ1n) is 13.0. The molecule has 1 aromatic heterocycles. The second-order valence-electron chi connectivity index (χ2n) is 10.9. The molecule has 1 heterocycles. The van der Waals surface area contributed by atoms with E-state index >= 15 is 0 Å². The van der Waals surface area contributed by atoms with E-state index < -0.39 is 22.7 Å². The fourth-order valence-corrected chi connectivity index (χ4v) is 5.66. The molecule has 0 fully saturated rings. The van der Waals surface area contributed by atoms with Gasteiger partial charge in [-0.3, -0.25) is 0 Å². The molecule has 5 heteroatoms. The summed E-state index contributed by atoms with van der Waals surface area (Å²) < 4.78 is 43.0. The average Bonchev–Trinajstić information content (AvgIpc) is 3.39. The molecule has 0 radical (unpaired) electrons. The predicted molar refractivity (Wildman–Crippen MR) is 150 cm³/mol. The van der Waals surface area contributed by atoms with Gasteiger partial charge < -0.3 is 4.57 Å². The lowest BCUT2D eigenvalue weighted by Crippen LogP contribution is -2.37. The number of hydrogen-bond acceptors (Lipinski definition) is 1. The molecule has 1 unspecified atom stereocenters. The van der Waals surface area contributed by atoms with Crippen molar-refractivity contribution in [1.82, 2.24) is 9.55 Å². The second kappa shape index (κ2) is 10.2. The zero-order chi connectivity index (χ0) is 27.7. The van der Waals surface area contributed by atoms with E-state index in [1.807, 2.05) is 87.9 Å². The third-order valence-electron chi connectivity index (χ3n) is 7.27. The van der Waals surface area contributed by atoms with Crippen LogP contribution in [-0.2, 0) is 11.7 Å². The lowest BCUT2D eigenvalue weighted by atomic mass is 9.74. The maximum absolute atomic E-state index is 13.6. The number of benzene rings is 4. The summed E-state index contributed by atoms with van der Waals surface area (Å²) in [5.74, 6) is -0.360. The minimum absolute atomic E-state index is 0.360. The van der Waals surface area contributed by atoms with E-state index in [9.17, 15) is 13.2 Å². The lowest BCUT2D eigenvalue weighted by molar-refractivity contribution is -0.137. The topological polar surface area (TPSA) is 17.8 Å². The molecule has 5 aromatic rings. The van der Waals surface area contributed by atoms with Crippen LogP contribution in [-0.4, -0.2) is 9.55 Å². The van der Waals surface area contributed by atoms with Crippen molar-refractivity contribution in [3.8, 4) is 0 Å². The number of nitrogens with zero attached hydrogens (tertiary/aromatic N) is 2. The third kappa shape index (κ3) is 5.01. The van der Waals surface area contributed by atoms with Gasteiger partial charge in [0.2, 0.25) is 0 Å². The number of halogens is 3. The molecule has 2 nitrogen and oxygen atoms in total. The van der Waals surface area contributed by atoms with E-state index in [2.05, 4.69) is 41.0 Å². The number of aromatic nitrogens is 2. The number of imidazole rings is 1. The van der Waals surface area contributed by atoms with Crippen LogP contribution in [0.25, 0.3) is 0 Å². The van der Waals surface area contributed by atoms with Gasteiger partial charge >= 0.3 is 6.18 Å². The number of hydrogen-bond donors (Lipinski definition) is 0. The highest BCUT2D eigenvalue weighted by Crippen LogP contribution is 2.45. The van der Waals surface area contributed by atoms with Crippen molar-refractivity contribution in [2.75, 3.05) is 0 Å². The molecule has 0 aliphatic rings. The van der Waals surface area contributed by atoms with Crippen LogP contribution in [0, 0.1) is 5.41 Å². The van der Waals surface area contributed by atoms with Gasteiger partial charge in [-0.1, -0.05) is 130 Å². The van der Waals surface area contributed by atoms with Gasteiger partial charge in [0.1, 0.15) is 5.54 Å². The highest BCUT2D eigenvalue weighted by Gasteiger charge is 2.40. The van der Waals surface area contributed by atoms with E-state index in [-0.39, 0.29) is 5.92 Å². The van der Waals surface area contributed by atoms with Crippen LogP contribution >= 0.6 is 0 Å². The molecule has 198 valence electrons. The van der Waals surface area contributed by atoms with Crippen molar-refractivity contribution in [3.05, 3.63) is 161 Å². The zero-order valence-corrected chi connectivity index (χ0v) is 22.2. The normalized spacial score (nSPS) is 13.3. The van der Waals surface area contributed by atoms with E-state index in [1.165, 1.54) is 12.1 Å². The zero-order valence-electron chi connectivity index (χ0n) is 22.2. The average molecular weight is 525 g/mol. The Morgan fingerprint density at radius 2 is 1.08 bits per heavy atom. The van der Waals surface area contributed by atoms with Gasteiger partial charge in [0, 0.05) is 12.1 Å². The molecular formula is C34H31F3N2. The minimum Gasteiger partial charge on any atom is -0.319 e. The predicted octanol–water partition coefficient (Wildman–Crippen LogP) is 8.92. The number of alkyl halides is 3. The van der Waals surface area contributed by atoms with Crippen LogP contribution in [0.5, 0.6) is 0 Å². The van der Waals surface area contributed by atoms with Crippen LogP contribution in [0.2, 0.25) is 0 Å². The third-order valence-corrected chi connectivity index (χ3v) is 7.27. The van der Waals surface area contributed by atoms with E-state index in [1.54, 1.807) is 6.07 Å². The summed E-state index contributed by atoms with van der Waals surface area (Å²) in [5.41, 5.74) is 2.68. The molecule has 1 atom stereocenters. The molecule has 0 amide bonds. The monoisotopic (exact) mass is 524 g/mol. The summed E-state index contributed by atoms with van der Waals surface area (Å²) in [5, 5.41) is 0. The Labute approximate surface area is 227 Å². The summed E-state index contributed by atoms with van der Waals surface area (Å²) in [6, 6.07) is 36.4. The SMILES string of the molecule is CC(C)(C)C(c1cccc(C(F)(F)F)c1)c1cn(C(c2ccccc2)(c2ccccc2)c2ccccc2)cn1. The van der Waals surface area contributed by atoms with Crippen molar-refractivity contribution in [2.45, 2.75) is 38.4 Å².